The molecule has 0 saturated carbocycles. The SMILES string of the molecule is C.CNS(=O)(=O)c1ccccc1N.CNS(=O)(=O)c1ccccc1Nc1cc(Cl)ncc1C(F)(F)F.Cc1cnc(Cl)cc1I. The largest absolute Gasteiger partial charge is 0.419 e. The van der Waals surface area contributed by atoms with Crippen LogP contribution >= 0.6 is 45.8 Å². The molecule has 0 amide bonds. The topological polar surface area (TPSA) is 156 Å². The van der Waals surface area contributed by atoms with Crippen LogP contribution in [0.3, 0.4) is 0 Å². The predicted octanol–water partition coefficient (Wildman–Crippen LogP) is 6.87. The number of nitrogens with two attached hydrogens (primary N) is 1. The lowest BCUT2D eigenvalue weighted by molar-refractivity contribution is -0.137. The molecule has 0 spiro atoms. The fourth-order valence-corrected chi connectivity index (χ4v) is 5.81. The highest BCUT2D eigenvalue weighted by molar-refractivity contribution is 14.1. The summed E-state index contributed by atoms with van der Waals surface area (Å²) in [5.74, 6) is 0. The molecule has 0 atom stereocenters. The fourth-order valence-electron chi connectivity index (χ4n) is 3.13. The van der Waals surface area contributed by atoms with E-state index in [4.69, 9.17) is 28.9 Å². The summed E-state index contributed by atoms with van der Waals surface area (Å²) < 4.78 is 90.9. The highest BCUT2D eigenvalue weighted by Crippen LogP contribution is 2.37. The zero-order valence-corrected chi connectivity index (χ0v) is 28.4. The van der Waals surface area contributed by atoms with Gasteiger partial charge in [0.2, 0.25) is 20.0 Å². The van der Waals surface area contributed by atoms with Crippen molar-refractivity contribution in [3.63, 3.8) is 0 Å². The normalized spacial score (nSPS) is 11.2. The first-order valence-corrected chi connectivity index (χ1v) is 16.8. The second kappa shape index (κ2) is 17.3. The fraction of sp³-hybridized carbons (Fsp3) is 0.185. The number of hydrogen-bond donors (Lipinski definition) is 4. The van der Waals surface area contributed by atoms with Gasteiger partial charge in [-0.25, -0.2) is 36.2 Å². The van der Waals surface area contributed by atoms with E-state index in [1.54, 1.807) is 24.4 Å². The van der Waals surface area contributed by atoms with Crippen molar-refractivity contribution in [2.45, 2.75) is 30.3 Å². The van der Waals surface area contributed by atoms with Crippen molar-refractivity contribution < 1.29 is 30.0 Å². The third-order valence-corrected chi connectivity index (χ3v) is 9.91. The summed E-state index contributed by atoms with van der Waals surface area (Å²) in [6.07, 6.45) is -2.32. The number of nitrogens with zero attached hydrogens (tertiary/aromatic N) is 2. The molecule has 0 bridgehead atoms. The van der Waals surface area contributed by atoms with E-state index in [1.807, 2.05) is 13.0 Å². The zero-order chi connectivity index (χ0) is 33.3. The lowest BCUT2D eigenvalue weighted by Crippen LogP contribution is -2.20. The molecule has 0 aliphatic rings. The molecule has 4 rings (SSSR count). The molecule has 0 aliphatic carbocycles. The lowest BCUT2D eigenvalue weighted by Gasteiger charge is -2.16. The van der Waals surface area contributed by atoms with Gasteiger partial charge in [0, 0.05) is 16.0 Å². The van der Waals surface area contributed by atoms with Crippen molar-refractivity contribution in [3.05, 3.63) is 98.1 Å². The predicted molar refractivity (Wildman–Crippen MR) is 181 cm³/mol. The number of nitrogen functional groups attached to an aromatic ring is 1. The quantitative estimate of drug-likeness (QED) is 0.0934. The van der Waals surface area contributed by atoms with Crippen molar-refractivity contribution in [1.82, 2.24) is 19.4 Å². The molecule has 45 heavy (non-hydrogen) atoms. The van der Waals surface area contributed by atoms with Crippen molar-refractivity contribution in [2.24, 2.45) is 0 Å². The minimum absolute atomic E-state index is 0. The van der Waals surface area contributed by atoms with Gasteiger partial charge in [0.1, 0.15) is 20.1 Å². The zero-order valence-electron chi connectivity index (χ0n) is 23.1. The molecule has 2 aromatic heterocycles. The Morgan fingerprint density at radius 2 is 1.29 bits per heavy atom. The van der Waals surface area contributed by atoms with Crippen LogP contribution in [-0.2, 0) is 26.2 Å². The maximum absolute atomic E-state index is 13.0. The lowest BCUT2D eigenvalue weighted by atomic mass is 10.2. The van der Waals surface area contributed by atoms with E-state index in [0.717, 1.165) is 9.64 Å². The van der Waals surface area contributed by atoms with Crippen LogP contribution in [0.5, 0.6) is 0 Å². The highest BCUT2D eigenvalue weighted by atomic mass is 127. The van der Waals surface area contributed by atoms with Gasteiger partial charge in [-0.1, -0.05) is 54.9 Å². The molecule has 5 N–H and O–H groups in total. The number of para-hydroxylation sites is 2. The number of sulfonamides is 2. The van der Waals surface area contributed by atoms with E-state index < -0.39 is 37.5 Å². The molecule has 0 saturated heterocycles. The van der Waals surface area contributed by atoms with E-state index in [0.29, 0.717) is 11.3 Å². The smallest absolute Gasteiger partial charge is 0.398 e. The maximum Gasteiger partial charge on any atom is 0.419 e. The van der Waals surface area contributed by atoms with E-state index in [2.05, 4.69) is 47.3 Å². The van der Waals surface area contributed by atoms with Gasteiger partial charge >= 0.3 is 6.18 Å². The Hall–Kier alpha value is -2.74. The molecule has 10 nitrogen and oxygen atoms in total. The molecule has 0 aliphatic heterocycles. The first kappa shape index (κ1) is 40.3. The van der Waals surface area contributed by atoms with Crippen LogP contribution in [-0.4, -0.2) is 40.9 Å². The Morgan fingerprint density at radius 1 is 0.800 bits per heavy atom. The van der Waals surface area contributed by atoms with Gasteiger partial charge < -0.3 is 11.1 Å². The summed E-state index contributed by atoms with van der Waals surface area (Å²) >= 11 is 13.5. The van der Waals surface area contributed by atoms with E-state index in [1.165, 1.54) is 50.0 Å². The Balaban J connectivity index is 0.000000384. The minimum Gasteiger partial charge on any atom is -0.398 e. The van der Waals surface area contributed by atoms with Crippen molar-refractivity contribution in [1.29, 1.82) is 0 Å². The maximum atomic E-state index is 13.0. The minimum atomic E-state index is -4.67. The van der Waals surface area contributed by atoms with Crippen LogP contribution in [0.4, 0.5) is 30.2 Å². The summed E-state index contributed by atoms with van der Waals surface area (Å²) in [4.78, 5) is 7.24. The van der Waals surface area contributed by atoms with Crippen LogP contribution in [0.2, 0.25) is 10.3 Å². The number of nitrogens with one attached hydrogen (secondary N) is 3. The number of pyridine rings is 2. The average molecular weight is 822 g/mol. The van der Waals surface area contributed by atoms with Crippen LogP contribution in [0.15, 0.2) is 82.8 Å². The van der Waals surface area contributed by atoms with Crippen molar-refractivity contribution in [2.75, 3.05) is 25.1 Å². The van der Waals surface area contributed by atoms with Gasteiger partial charge in [0.25, 0.3) is 0 Å². The van der Waals surface area contributed by atoms with Crippen molar-refractivity contribution >= 4 is 82.9 Å². The van der Waals surface area contributed by atoms with E-state index in [9.17, 15) is 30.0 Å². The molecule has 18 heteroatoms. The number of anilines is 3. The Bertz CT molecular complexity index is 1820. The number of rotatable bonds is 6. The number of hydrogen-bond acceptors (Lipinski definition) is 8. The number of benzene rings is 2. The van der Waals surface area contributed by atoms with Crippen LogP contribution in [0.1, 0.15) is 18.6 Å². The van der Waals surface area contributed by atoms with E-state index >= 15 is 0 Å². The molecule has 0 unspecified atom stereocenters. The number of aromatic nitrogens is 2. The molecule has 0 fully saturated rings. The average Bonchev–Trinajstić information content (AvgIpc) is 2.95. The van der Waals surface area contributed by atoms with Gasteiger partial charge in [0.15, 0.2) is 0 Å². The highest BCUT2D eigenvalue weighted by Gasteiger charge is 2.34. The van der Waals surface area contributed by atoms with Crippen LogP contribution in [0, 0.1) is 10.5 Å². The monoisotopic (exact) mass is 820 g/mol. The number of alkyl halides is 3. The number of halogens is 6. The number of aryl methyl sites for hydroxylation is 1. The Morgan fingerprint density at radius 3 is 1.80 bits per heavy atom. The summed E-state index contributed by atoms with van der Waals surface area (Å²) in [6, 6.07) is 14.7. The molecule has 0 radical (unpaired) electrons. The first-order valence-electron chi connectivity index (χ1n) is 12.0. The summed E-state index contributed by atoms with van der Waals surface area (Å²) in [5.41, 5.74) is 5.42. The summed E-state index contributed by atoms with van der Waals surface area (Å²) in [5, 5.41) is 2.87. The van der Waals surface area contributed by atoms with Gasteiger partial charge in [-0.05, 0) is 85.6 Å². The first-order chi connectivity index (χ1) is 20.4. The molecule has 2 aromatic carbocycles. The summed E-state index contributed by atoms with van der Waals surface area (Å²) in [6.45, 7) is 2.01. The Kier molecular flexibility index (Phi) is 15.4. The standard InChI is InChI=1S/C13H11ClF3N3O2S.C7H10N2O2S.C6H5ClIN.CH4/c1-18-23(21,22)11-5-3-2-4-9(11)20-10-6-12(14)19-7-8(10)13(15,16)17;1-9-12(10,11)7-5-3-2-4-6(7)8;1-4-3-9-6(7)2-5(4)8;/h2-7,18H,1H3,(H,19,20);2-5,9H,8H2,1H3;2-3H,1H3;1H4. The molecule has 2 heterocycles. The molecule has 246 valence electrons. The van der Waals surface area contributed by atoms with Gasteiger partial charge in [0.05, 0.1) is 22.6 Å². The molecule has 4 aromatic rings. The molecular weight excluding hydrogens is 791 g/mol. The van der Waals surface area contributed by atoms with Crippen LogP contribution in [0.25, 0.3) is 0 Å². The second-order valence-corrected chi connectivity index (χ2v) is 14.0. The van der Waals surface area contributed by atoms with Gasteiger partial charge in [-0.2, -0.15) is 13.2 Å². The third kappa shape index (κ3) is 11.8. The van der Waals surface area contributed by atoms with Crippen LogP contribution < -0.4 is 20.5 Å². The summed E-state index contributed by atoms with van der Waals surface area (Å²) in [7, 11) is -4.70. The van der Waals surface area contributed by atoms with E-state index in [-0.39, 0.29) is 33.7 Å². The molecular formula is C27H30Cl2F3IN6O4S2. The van der Waals surface area contributed by atoms with Gasteiger partial charge in [-0.3, -0.25) is 0 Å². The van der Waals surface area contributed by atoms with Gasteiger partial charge in [-0.15, -0.1) is 0 Å². The Labute approximate surface area is 284 Å². The van der Waals surface area contributed by atoms with Crippen molar-refractivity contribution in [3.8, 4) is 0 Å². The second-order valence-electron chi connectivity index (χ2n) is 8.38. The third-order valence-electron chi connectivity index (χ3n) is 5.37.